The van der Waals surface area contributed by atoms with Crippen LogP contribution in [0.15, 0.2) is 18.2 Å². The second-order valence-electron chi connectivity index (χ2n) is 5.64. The molecule has 3 rings (SSSR count). The lowest BCUT2D eigenvalue weighted by Gasteiger charge is -2.21. The number of hydrogen-bond donors (Lipinski definition) is 1. The Bertz CT molecular complexity index is 375. The highest BCUT2D eigenvalue weighted by Crippen LogP contribution is 2.34. The van der Waals surface area contributed by atoms with Gasteiger partial charge in [-0.15, -0.1) is 0 Å². The van der Waals surface area contributed by atoms with Crippen LogP contribution in [0.5, 0.6) is 0 Å². The Morgan fingerprint density at radius 1 is 0.941 bits per heavy atom. The van der Waals surface area contributed by atoms with Crippen LogP contribution in [0.3, 0.4) is 0 Å². The third kappa shape index (κ3) is 2.48. The van der Waals surface area contributed by atoms with Gasteiger partial charge in [0.15, 0.2) is 0 Å². The molecule has 1 aliphatic carbocycles. The molecule has 0 unspecified atom stereocenters. The third-order valence-electron chi connectivity index (χ3n) is 4.40. The number of aryl methyl sites for hydroxylation is 1. The average molecular weight is 229 g/mol. The first kappa shape index (κ1) is 11.1. The van der Waals surface area contributed by atoms with E-state index in [1.807, 2.05) is 0 Å². The molecule has 0 spiro atoms. The van der Waals surface area contributed by atoms with Crippen molar-refractivity contribution in [2.45, 2.75) is 57.3 Å². The smallest absolute Gasteiger partial charge is 0.0375 e. The summed E-state index contributed by atoms with van der Waals surface area (Å²) in [6.07, 6.45) is 11.1. The molecule has 1 aromatic rings. The SMILES string of the molecule is c1cc2c(cc1C1CCCCCC1)NCCC2. The molecule has 0 bridgehead atoms. The van der Waals surface area contributed by atoms with E-state index >= 15 is 0 Å². The molecule has 1 heteroatoms. The summed E-state index contributed by atoms with van der Waals surface area (Å²) in [4.78, 5) is 0. The van der Waals surface area contributed by atoms with Gasteiger partial charge in [-0.05, 0) is 48.8 Å². The van der Waals surface area contributed by atoms with E-state index in [1.54, 1.807) is 5.56 Å². The topological polar surface area (TPSA) is 12.0 Å². The molecule has 2 aliphatic rings. The van der Waals surface area contributed by atoms with E-state index in [1.165, 1.54) is 62.6 Å². The minimum absolute atomic E-state index is 0.825. The fraction of sp³-hybridized carbons (Fsp3) is 0.625. The average Bonchev–Trinajstić information content (AvgIpc) is 2.67. The van der Waals surface area contributed by atoms with Crippen LogP contribution in [0.25, 0.3) is 0 Å². The normalized spacial score (nSPS) is 21.4. The van der Waals surface area contributed by atoms with E-state index in [-0.39, 0.29) is 0 Å². The third-order valence-corrected chi connectivity index (χ3v) is 4.40. The van der Waals surface area contributed by atoms with Crippen molar-refractivity contribution in [1.82, 2.24) is 0 Å². The minimum atomic E-state index is 0.825. The molecule has 1 aliphatic heterocycles. The fourth-order valence-electron chi connectivity index (χ4n) is 3.35. The lowest BCUT2D eigenvalue weighted by molar-refractivity contribution is 0.592. The molecular weight excluding hydrogens is 206 g/mol. The Hall–Kier alpha value is -0.980. The number of anilines is 1. The maximum atomic E-state index is 3.56. The maximum absolute atomic E-state index is 3.56. The molecular formula is C16H23N. The van der Waals surface area contributed by atoms with Crippen molar-refractivity contribution in [2.24, 2.45) is 0 Å². The molecule has 0 radical (unpaired) electrons. The van der Waals surface area contributed by atoms with Gasteiger partial charge < -0.3 is 5.32 Å². The van der Waals surface area contributed by atoms with E-state index in [0.29, 0.717) is 0 Å². The lowest BCUT2D eigenvalue weighted by atomic mass is 9.89. The first-order chi connectivity index (χ1) is 8.43. The zero-order valence-electron chi connectivity index (χ0n) is 10.7. The first-order valence-corrected chi connectivity index (χ1v) is 7.30. The van der Waals surface area contributed by atoms with Gasteiger partial charge in [-0.2, -0.15) is 0 Å². The second-order valence-corrected chi connectivity index (χ2v) is 5.64. The van der Waals surface area contributed by atoms with Crippen molar-refractivity contribution in [2.75, 3.05) is 11.9 Å². The van der Waals surface area contributed by atoms with E-state index in [2.05, 4.69) is 23.5 Å². The Kier molecular flexibility index (Phi) is 3.35. The van der Waals surface area contributed by atoms with Crippen LogP contribution in [-0.2, 0) is 6.42 Å². The molecule has 0 amide bonds. The van der Waals surface area contributed by atoms with Gasteiger partial charge in [0.1, 0.15) is 0 Å². The Morgan fingerprint density at radius 3 is 2.59 bits per heavy atom. The van der Waals surface area contributed by atoms with Gasteiger partial charge in [0.2, 0.25) is 0 Å². The van der Waals surface area contributed by atoms with Crippen LogP contribution in [0.2, 0.25) is 0 Å². The van der Waals surface area contributed by atoms with Crippen molar-refractivity contribution in [3.05, 3.63) is 29.3 Å². The number of fused-ring (bicyclic) bond motifs is 1. The molecule has 0 atom stereocenters. The predicted octanol–water partition coefficient (Wildman–Crippen LogP) is 4.48. The van der Waals surface area contributed by atoms with E-state index < -0.39 is 0 Å². The zero-order chi connectivity index (χ0) is 11.5. The van der Waals surface area contributed by atoms with Crippen LogP contribution in [0.1, 0.15) is 62.0 Å². The van der Waals surface area contributed by atoms with Crippen molar-refractivity contribution in [3.63, 3.8) is 0 Å². The molecule has 1 fully saturated rings. The van der Waals surface area contributed by atoms with Gasteiger partial charge in [0.05, 0.1) is 0 Å². The van der Waals surface area contributed by atoms with Gasteiger partial charge in [-0.3, -0.25) is 0 Å². The highest BCUT2D eigenvalue weighted by Gasteiger charge is 2.16. The van der Waals surface area contributed by atoms with Crippen LogP contribution in [0, 0.1) is 0 Å². The summed E-state index contributed by atoms with van der Waals surface area (Å²) < 4.78 is 0. The van der Waals surface area contributed by atoms with Gasteiger partial charge >= 0.3 is 0 Å². The van der Waals surface area contributed by atoms with Crippen LogP contribution >= 0.6 is 0 Å². The molecule has 17 heavy (non-hydrogen) atoms. The lowest BCUT2D eigenvalue weighted by Crippen LogP contribution is -2.12. The summed E-state index contributed by atoms with van der Waals surface area (Å²) in [7, 11) is 0. The monoisotopic (exact) mass is 229 g/mol. The number of rotatable bonds is 1. The maximum Gasteiger partial charge on any atom is 0.0375 e. The highest BCUT2D eigenvalue weighted by molar-refractivity contribution is 5.55. The molecule has 1 saturated carbocycles. The second kappa shape index (κ2) is 5.12. The molecule has 1 heterocycles. The van der Waals surface area contributed by atoms with Crippen LogP contribution in [0.4, 0.5) is 5.69 Å². The summed E-state index contributed by atoms with van der Waals surface area (Å²) in [5, 5.41) is 3.56. The summed E-state index contributed by atoms with van der Waals surface area (Å²) in [6.45, 7) is 1.15. The Balaban J connectivity index is 1.82. The summed E-state index contributed by atoms with van der Waals surface area (Å²) in [5.41, 5.74) is 4.52. The van der Waals surface area contributed by atoms with Crippen LogP contribution in [-0.4, -0.2) is 6.54 Å². The minimum Gasteiger partial charge on any atom is -0.385 e. The number of hydrogen-bond acceptors (Lipinski definition) is 1. The van der Waals surface area contributed by atoms with E-state index in [9.17, 15) is 0 Å². The molecule has 1 aromatic carbocycles. The van der Waals surface area contributed by atoms with E-state index in [0.717, 1.165) is 12.5 Å². The van der Waals surface area contributed by atoms with Gasteiger partial charge in [0.25, 0.3) is 0 Å². The molecule has 92 valence electrons. The predicted molar refractivity (Wildman–Crippen MR) is 73.7 cm³/mol. The van der Waals surface area contributed by atoms with Crippen molar-refractivity contribution >= 4 is 5.69 Å². The standard InChI is InChI=1S/C16H23N/c1-2-4-7-13(6-3-1)15-10-9-14-8-5-11-17-16(14)12-15/h9-10,12-13,17H,1-8,11H2. The van der Waals surface area contributed by atoms with Crippen molar-refractivity contribution < 1.29 is 0 Å². The van der Waals surface area contributed by atoms with Gasteiger partial charge in [-0.25, -0.2) is 0 Å². The van der Waals surface area contributed by atoms with E-state index in [4.69, 9.17) is 0 Å². The van der Waals surface area contributed by atoms with Gasteiger partial charge in [0, 0.05) is 12.2 Å². The largest absolute Gasteiger partial charge is 0.385 e. The number of nitrogens with one attached hydrogen (secondary N) is 1. The van der Waals surface area contributed by atoms with Crippen molar-refractivity contribution in [3.8, 4) is 0 Å². The first-order valence-electron chi connectivity index (χ1n) is 7.30. The van der Waals surface area contributed by atoms with Gasteiger partial charge in [-0.1, -0.05) is 37.8 Å². The fourth-order valence-corrected chi connectivity index (χ4v) is 3.35. The van der Waals surface area contributed by atoms with Crippen LogP contribution < -0.4 is 5.32 Å². The molecule has 1 nitrogen and oxygen atoms in total. The molecule has 0 aromatic heterocycles. The summed E-state index contributed by atoms with van der Waals surface area (Å²) >= 11 is 0. The zero-order valence-corrected chi connectivity index (χ0v) is 10.7. The van der Waals surface area contributed by atoms with Crippen molar-refractivity contribution in [1.29, 1.82) is 0 Å². The highest BCUT2D eigenvalue weighted by atomic mass is 14.9. The summed E-state index contributed by atoms with van der Waals surface area (Å²) in [6, 6.07) is 7.19. The quantitative estimate of drug-likeness (QED) is 0.700. The Labute approximate surface area is 105 Å². The Morgan fingerprint density at radius 2 is 1.76 bits per heavy atom. The summed E-state index contributed by atoms with van der Waals surface area (Å²) in [5.74, 6) is 0.825. The number of benzene rings is 1. The molecule has 1 N–H and O–H groups in total. The molecule has 0 saturated heterocycles.